The average molecular weight is 251 g/mol. The van der Waals surface area contributed by atoms with Gasteiger partial charge in [0.2, 0.25) is 5.91 Å². The molecule has 2 heterocycles. The van der Waals surface area contributed by atoms with Crippen molar-refractivity contribution in [3.63, 3.8) is 0 Å². The second kappa shape index (κ2) is 5.63. The molecule has 0 aromatic carbocycles. The average Bonchev–Trinajstić information content (AvgIpc) is 2.38. The number of piperazine rings is 1. The van der Waals surface area contributed by atoms with Crippen LogP contribution in [0.1, 0.15) is 12.1 Å². The Morgan fingerprint density at radius 3 is 3.00 bits per heavy atom. The lowest BCUT2D eigenvalue weighted by molar-refractivity contribution is -0.120. The molecule has 0 radical (unpaired) electrons. The molecule has 1 aliphatic rings. The first-order valence-corrected chi connectivity index (χ1v) is 6.01. The van der Waals surface area contributed by atoms with Crippen LogP contribution in [0, 0.1) is 0 Å². The lowest BCUT2D eigenvalue weighted by Crippen LogP contribution is -2.49. The van der Waals surface area contributed by atoms with E-state index in [1.165, 1.54) is 0 Å². The molecule has 2 rings (SSSR count). The summed E-state index contributed by atoms with van der Waals surface area (Å²) in [6.07, 6.45) is 3.14. The highest BCUT2D eigenvalue weighted by atomic mass is 16.2. The first kappa shape index (κ1) is 12.6. The Kier molecular flexibility index (Phi) is 3.93. The number of carbonyl (C=O) groups is 1. The molecule has 7 nitrogen and oxygen atoms in total. The van der Waals surface area contributed by atoms with Gasteiger partial charge in [-0.3, -0.25) is 9.59 Å². The second-order valence-electron chi connectivity index (χ2n) is 4.21. The van der Waals surface area contributed by atoms with Gasteiger partial charge in [0.1, 0.15) is 0 Å². The SMILES string of the molecule is NCCCc1c[nH]c(=O)c(N2CCNC(=O)C2)n1. The van der Waals surface area contributed by atoms with Gasteiger partial charge in [-0.25, -0.2) is 4.98 Å². The number of carbonyl (C=O) groups excluding carboxylic acids is 1. The van der Waals surface area contributed by atoms with Gasteiger partial charge in [-0.2, -0.15) is 0 Å². The molecular weight excluding hydrogens is 234 g/mol. The number of nitrogens with zero attached hydrogens (tertiary/aromatic N) is 2. The van der Waals surface area contributed by atoms with E-state index in [4.69, 9.17) is 5.73 Å². The highest BCUT2D eigenvalue weighted by Crippen LogP contribution is 2.07. The van der Waals surface area contributed by atoms with E-state index < -0.39 is 0 Å². The molecule has 4 N–H and O–H groups in total. The number of nitrogens with two attached hydrogens (primary N) is 1. The highest BCUT2D eigenvalue weighted by molar-refractivity contribution is 5.82. The number of nitrogens with one attached hydrogen (secondary N) is 2. The van der Waals surface area contributed by atoms with E-state index in [0.29, 0.717) is 25.5 Å². The number of hydrogen-bond donors (Lipinski definition) is 3. The van der Waals surface area contributed by atoms with Gasteiger partial charge < -0.3 is 20.9 Å². The Labute approximate surface area is 104 Å². The molecule has 7 heteroatoms. The van der Waals surface area contributed by atoms with E-state index in [2.05, 4.69) is 15.3 Å². The zero-order valence-electron chi connectivity index (χ0n) is 10.1. The van der Waals surface area contributed by atoms with E-state index in [1.807, 2.05) is 0 Å². The summed E-state index contributed by atoms with van der Waals surface area (Å²) in [6.45, 7) is 1.90. The van der Waals surface area contributed by atoms with Gasteiger partial charge in [0, 0.05) is 19.3 Å². The minimum atomic E-state index is -0.263. The number of hydrogen-bond acceptors (Lipinski definition) is 5. The van der Waals surface area contributed by atoms with Crippen molar-refractivity contribution in [3.05, 3.63) is 22.2 Å². The van der Waals surface area contributed by atoms with Crippen molar-refractivity contribution >= 4 is 11.7 Å². The number of aromatic amines is 1. The zero-order valence-corrected chi connectivity index (χ0v) is 10.1. The molecule has 1 amide bonds. The van der Waals surface area contributed by atoms with Crippen LogP contribution >= 0.6 is 0 Å². The first-order chi connectivity index (χ1) is 8.70. The van der Waals surface area contributed by atoms with Gasteiger partial charge in [-0.15, -0.1) is 0 Å². The summed E-state index contributed by atoms with van der Waals surface area (Å²) in [6, 6.07) is 0. The molecule has 0 saturated carbocycles. The van der Waals surface area contributed by atoms with E-state index in [9.17, 15) is 9.59 Å². The Bertz CT molecular complexity index is 485. The highest BCUT2D eigenvalue weighted by Gasteiger charge is 2.20. The second-order valence-corrected chi connectivity index (χ2v) is 4.21. The number of anilines is 1. The predicted octanol–water partition coefficient (Wildman–Crippen LogP) is -1.40. The number of amides is 1. The number of aryl methyl sites for hydroxylation is 1. The molecule has 1 aromatic heterocycles. The van der Waals surface area contributed by atoms with Crippen molar-refractivity contribution in [1.29, 1.82) is 0 Å². The summed E-state index contributed by atoms with van der Waals surface area (Å²) in [5, 5.41) is 2.71. The van der Waals surface area contributed by atoms with Crippen LogP contribution in [0.25, 0.3) is 0 Å². The standard InChI is InChI=1S/C11H17N5O2/c12-3-1-2-8-6-14-11(18)10(15-8)16-5-4-13-9(17)7-16/h6H,1-5,7,12H2,(H,13,17)(H,14,18). The van der Waals surface area contributed by atoms with Crippen molar-refractivity contribution < 1.29 is 4.79 Å². The van der Waals surface area contributed by atoms with Crippen LogP contribution in [0.3, 0.4) is 0 Å². The molecule has 98 valence electrons. The monoisotopic (exact) mass is 251 g/mol. The third-order valence-electron chi connectivity index (χ3n) is 2.80. The van der Waals surface area contributed by atoms with Crippen LogP contribution in [-0.4, -0.2) is 42.1 Å². The smallest absolute Gasteiger partial charge is 0.290 e. The predicted molar refractivity (Wildman–Crippen MR) is 67.5 cm³/mol. The van der Waals surface area contributed by atoms with Gasteiger partial charge >= 0.3 is 0 Å². The normalized spacial score (nSPS) is 15.6. The molecule has 0 aliphatic carbocycles. The molecule has 0 atom stereocenters. The lowest BCUT2D eigenvalue weighted by atomic mass is 10.2. The number of rotatable bonds is 4. The minimum absolute atomic E-state index is 0.0881. The van der Waals surface area contributed by atoms with Gasteiger partial charge in [0.25, 0.3) is 5.56 Å². The van der Waals surface area contributed by atoms with Crippen LogP contribution in [-0.2, 0) is 11.2 Å². The zero-order chi connectivity index (χ0) is 13.0. The minimum Gasteiger partial charge on any atom is -0.353 e. The lowest BCUT2D eigenvalue weighted by Gasteiger charge is -2.26. The Hall–Kier alpha value is -1.89. The van der Waals surface area contributed by atoms with Crippen molar-refractivity contribution in [2.45, 2.75) is 12.8 Å². The van der Waals surface area contributed by atoms with E-state index >= 15 is 0 Å². The fourth-order valence-electron chi connectivity index (χ4n) is 1.88. The van der Waals surface area contributed by atoms with Gasteiger partial charge in [-0.05, 0) is 19.4 Å². The summed E-state index contributed by atoms with van der Waals surface area (Å²) in [5.74, 6) is 0.231. The van der Waals surface area contributed by atoms with Crippen LogP contribution in [0.4, 0.5) is 5.82 Å². The molecule has 0 spiro atoms. The molecular formula is C11H17N5O2. The summed E-state index contributed by atoms with van der Waals surface area (Å²) in [5.41, 5.74) is 5.97. The van der Waals surface area contributed by atoms with Gasteiger partial charge in [-0.1, -0.05) is 0 Å². The summed E-state index contributed by atoms with van der Waals surface area (Å²) >= 11 is 0. The molecule has 1 aliphatic heterocycles. The summed E-state index contributed by atoms with van der Waals surface area (Å²) in [7, 11) is 0. The van der Waals surface area contributed by atoms with Crippen molar-refractivity contribution in [2.75, 3.05) is 31.1 Å². The number of H-pyrrole nitrogens is 1. The van der Waals surface area contributed by atoms with Gasteiger partial charge in [0.05, 0.1) is 12.2 Å². The maximum Gasteiger partial charge on any atom is 0.290 e. The van der Waals surface area contributed by atoms with Crippen molar-refractivity contribution in [2.24, 2.45) is 5.73 Å². The van der Waals surface area contributed by atoms with Crippen LogP contribution < -0.4 is 21.5 Å². The largest absolute Gasteiger partial charge is 0.353 e. The first-order valence-electron chi connectivity index (χ1n) is 6.01. The van der Waals surface area contributed by atoms with E-state index in [0.717, 1.165) is 18.5 Å². The van der Waals surface area contributed by atoms with Crippen molar-refractivity contribution in [3.8, 4) is 0 Å². The third-order valence-corrected chi connectivity index (χ3v) is 2.80. The fraction of sp³-hybridized carbons (Fsp3) is 0.545. The molecule has 1 fully saturated rings. The van der Waals surface area contributed by atoms with Gasteiger partial charge in [0.15, 0.2) is 5.82 Å². The summed E-state index contributed by atoms with van der Waals surface area (Å²) < 4.78 is 0. The van der Waals surface area contributed by atoms with Crippen LogP contribution in [0.5, 0.6) is 0 Å². The fourth-order valence-corrected chi connectivity index (χ4v) is 1.88. The molecule has 18 heavy (non-hydrogen) atoms. The molecule has 0 bridgehead atoms. The van der Waals surface area contributed by atoms with Crippen molar-refractivity contribution in [1.82, 2.24) is 15.3 Å². The molecule has 1 aromatic rings. The Morgan fingerprint density at radius 2 is 2.28 bits per heavy atom. The summed E-state index contributed by atoms with van der Waals surface area (Å²) in [4.78, 5) is 31.7. The topological polar surface area (TPSA) is 104 Å². The third kappa shape index (κ3) is 2.86. The van der Waals surface area contributed by atoms with Crippen LogP contribution in [0.15, 0.2) is 11.0 Å². The quantitative estimate of drug-likeness (QED) is 0.610. The molecule has 0 unspecified atom stereocenters. The maximum atomic E-state index is 11.7. The van der Waals surface area contributed by atoms with Crippen LogP contribution in [0.2, 0.25) is 0 Å². The Balaban J connectivity index is 2.20. The number of aromatic nitrogens is 2. The molecule has 1 saturated heterocycles. The Morgan fingerprint density at radius 1 is 1.44 bits per heavy atom. The maximum absolute atomic E-state index is 11.7. The van der Waals surface area contributed by atoms with E-state index in [1.54, 1.807) is 11.1 Å². The van der Waals surface area contributed by atoms with E-state index in [-0.39, 0.29) is 18.0 Å².